The minimum Gasteiger partial charge on any atom is -0.387 e. The summed E-state index contributed by atoms with van der Waals surface area (Å²) >= 11 is 0. The molecule has 1 saturated carbocycles. The summed E-state index contributed by atoms with van der Waals surface area (Å²) in [4.78, 5) is 11.7. The maximum absolute atomic E-state index is 13.0. The van der Waals surface area contributed by atoms with E-state index in [1.54, 1.807) is 12.1 Å². The Morgan fingerprint density at radius 3 is 2.84 bits per heavy atom. The molecule has 0 aliphatic heterocycles. The second-order valence-corrected chi connectivity index (χ2v) is 5.23. The van der Waals surface area contributed by atoms with Gasteiger partial charge in [0.15, 0.2) is 0 Å². The van der Waals surface area contributed by atoms with Crippen molar-refractivity contribution in [3.05, 3.63) is 35.6 Å². The van der Waals surface area contributed by atoms with E-state index >= 15 is 0 Å². The average Bonchev–Trinajstić information content (AvgIpc) is 2.88. The number of aliphatic hydroxyl groups excluding tert-OH is 1. The van der Waals surface area contributed by atoms with Crippen LogP contribution in [0.5, 0.6) is 0 Å². The molecule has 0 radical (unpaired) electrons. The molecule has 1 amide bonds. The molecule has 1 aromatic carbocycles. The zero-order valence-corrected chi connectivity index (χ0v) is 10.9. The minimum atomic E-state index is -0.858. The fraction of sp³-hybridized carbons (Fsp3) is 0.533. The number of rotatable bonds is 5. The Labute approximate surface area is 112 Å². The van der Waals surface area contributed by atoms with Gasteiger partial charge in [0.05, 0.1) is 6.10 Å². The third-order valence-electron chi connectivity index (χ3n) is 3.67. The van der Waals surface area contributed by atoms with Crippen molar-refractivity contribution in [3.8, 4) is 0 Å². The van der Waals surface area contributed by atoms with Crippen LogP contribution >= 0.6 is 0 Å². The van der Waals surface area contributed by atoms with Gasteiger partial charge in [-0.05, 0) is 36.5 Å². The number of halogens is 1. The van der Waals surface area contributed by atoms with E-state index in [-0.39, 0.29) is 18.3 Å². The average molecular weight is 265 g/mol. The van der Waals surface area contributed by atoms with Crippen molar-refractivity contribution in [3.63, 3.8) is 0 Å². The van der Waals surface area contributed by atoms with Gasteiger partial charge in [-0.3, -0.25) is 4.79 Å². The SMILES string of the molecule is O=C(CC1CCCC1)NCC(O)c1cccc(F)c1. The van der Waals surface area contributed by atoms with Crippen LogP contribution in [0.2, 0.25) is 0 Å². The highest BCUT2D eigenvalue weighted by Crippen LogP contribution is 2.27. The Morgan fingerprint density at radius 1 is 1.42 bits per heavy atom. The zero-order chi connectivity index (χ0) is 13.7. The van der Waals surface area contributed by atoms with Crippen LogP contribution in [-0.4, -0.2) is 17.6 Å². The Bertz CT molecular complexity index is 430. The smallest absolute Gasteiger partial charge is 0.220 e. The van der Waals surface area contributed by atoms with Crippen LogP contribution in [0.15, 0.2) is 24.3 Å². The summed E-state index contributed by atoms with van der Waals surface area (Å²) in [5.74, 6) is 0.0856. The standard InChI is InChI=1S/C15H20FNO2/c16-13-7-3-6-12(9-13)14(18)10-17-15(19)8-11-4-1-2-5-11/h3,6-7,9,11,14,18H,1-2,4-5,8,10H2,(H,17,19). The second kappa shape index (κ2) is 6.66. The molecule has 0 spiro atoms. The molecule has 104 valence electrons. The van der Waals surface area contributed by atoms with Crippen molar-refractivity contribution < 1.29 is 14.3 Å². The van der Waals surface area contributed by atoms with E-state index in [0.29, 0.717) is 17.9 Å². The number of carbonyl (C=O) groups is 1. The molecule has 2 rings (SSSR count). The van der Waals surface area contributed by atoms with Crippen LogP contribution in [0.25, 0.3) is 0 Å². The highest BCUT2D eigenvalue weighted by molar-refractivity contribution is 5.76. The molecular formula is C15H20FNO2. The lowest BCUT2D eigenvalue weighted by Gasteiger charge is -2.14. The summed E-state index contributed by atoms with van der Waals surface area (Å²) in [6, 6.07) is 5.81. The van der Waals surface area contributed by atoms with Gasteiger partial charge in [-0.15, -0.1) is 0 Å². The van der Waals surface area contributed by atoms with Gasteiger partial charge < -0.3 is 10.4 Å². The maximum Gasteiger partial charge on any atom is 0.220 e. The lowest BCUT2D eigenvalue weighted by atomic mass is 10.0. The summed E-state index contributed by atoms with van der Waals surface area (Å²) in [6.07, 6.45) is 4.35. The van der Waals surface area contributed by atoms with Crippen LogP contribution < -0.4 is 5.32 Å². The highest BCUT2D eigenvalue weighted by Gasteiger charge is 2.18. The third kappa shape index (κ3) is 4.31. The van der Waals surface area contributed by atoms with E-state index in [1.807, 2.05) is 0 Å². The lowest BCUT2D eigenvalue weighted by molar-refractivity contribution is -0.122. The number of hydrogen-bond donors (Lipinski definition) is 2. The molecule has 19 heavy (non-hydrogen) atoms. The van der Waals surface area contributed by atoms with Crippen molar-refractivity contribution in [1.29, 1.82) is 0 Å². The number of carbonyl (C=O) groups excluding carboxylic acids is 1. The molecule has 1 fully saturated rings. The largest absolute Gasteiger partial charge is 0.387 e. The van der Waals surface area contributed by atoms with E-state index in [0.717, 1.165) is 12.8 Å². The fourth-order valence-corrected chi connectivity index (χ4v) is 2.59. The van der Waals surface area contributed by atoms with Crippen LogP contribution in [0, 0.1) is 11.7 Å². The number of hydrogen-bond acceptors (Lipinski definition) is 2. The molecule has 1 aromatic rings. The Kier molecular flexibility index (Phi) is 4.91. The molecule has 0 bridgehead atoms. The van der Waals surface area contributed by atoms with Crippen molar-refractivity contribution in [2.45, 2.75) is 38.2 Å². The molecule has 1 atom stereocenters. The van der Waals surface area contributed by atoms with Crippen molar-refractivity contribution in [2.75, 3.05) is 6.54 Å². The van der Waals surface area contributed by atoms with Crippen LogP contribution in [0.4, 0.5) is 4.39 Å². The minimum absolute atomic E-state index is 0.0256. The van der Waals surface area contributed by atoms with E-state index < -0.39 is 6.10 Å². The molecule has 2 N–H and O–H groups in total. The summed E-state index contributed by atoms with van der Waals surface area (Å²) in [5, 5.41) is 12.6. The zero-order valence-electron chi connectivity index (χ0n) is 10.9. The molecule has 1 unspecified atom stereocenters. The van der Waals surface area contributed by atoms with Crippen molar-refractivity contribution >= 4 is 5.91 Å². The quantitative estimate of drug-likeness (QED) is 0.859. The van der Waals surface area contributed by atoms with Crippen molar-refractivity contribution in [2.24, 2.45) is 5.92 Å². The lowest BCUT2D eigenvalue weighted by Crippen LogP contribution is -2.29. The van der Waals surface area contributed by atoms with E-state index in [4.69, 9.17) is 0 Å². The Hall–Kier alpha value is -1.42. The van der Waals surface area contributed by atoms with Crippen LogP contribution in [0.1, 0.15) is 43.8 Å². The van der Waals surface area contributed by atoms with Gasteiger partial charge in [0.25, 0.3) is 0 Å². The van der Waals surface area contributed by atoms with E-state index in [2.05, 4.69) is 5.32 Å². The van der Waals surface area contributed by atoms with Gasteiger partial charge in [-0.1, -0.05) is 25.0 Å². The molecule has 1 aliphatic carbocycles. The monoisotopic (exact) mass is 265 g/mol. The molecule has 0 heterocycles. The molecule has 1 aliphatic rings. The molecule has 3 nitrogen and oxygen atoms in total. The summed E-state index contributed by atoms with van der Waals surface area (Å²) in [7, 11) is 0. The number of amides is 1. The fourth-order valence-electron chi connectivity index (χ4n) is 2.59. The molecule has 4 heteroatoms. The van der Waals surface area contributed by atoms with E-state index in [1.165, 1.54) is 25.0 Å². The number of aliphatic hydroxyl groups is 1. The second-order valence-electron chi connectivity index (χ2n) is 5.23. The number of nitrogens with one attached hydrogen (secondary N) is 1. The normalized spacial score (nSPS) is 17.4. The molecule has 0 saturated heterocycles. The first-order chi connectivity index (χ1) is 9.15. The van der Waals surface area contributed by atoms with Gasteiger partial charge in [-0.25, -0.2) is 4.39 Å². The number of benzene rings is 1. The topological polar surface area (TPSA) is 49.3 Å². The van der Waals surface area contributed by atoms with Crippen LogP contribution in [-0.2, 0) is 4.79 Å². The van der Waals surface area contributed by atoms with Gasteiger partial charge in [-0.2, -0.15) is 0 Å². The summed E-state index contributed by atoms with van der Waals surface area (Å²) < 4.78 is 13.0. The van der Waals surface area contributed by atoms with Crippen LogP contribution in [0.3, 0.4) is 0 Å². The van der Waals surface area contributed by atoms with Crippen molar-refractivity contribution in [1.82, 2.24) is 5.32 Å². The van der Waals surface area contributed by atoms with Gasteiger partial charge in [0.2, 0.25) is 5.91 Å². The van der Waals surface area contributed by atoms with E-state index in [9.17, 15) is 14.3 Å². The Morgan fingerprint density at radius 2 is 2.16 bits per heavy atom. The Balaban J connectivity index is 1.76. The predicted octanol–water partition coefficient (Wildman–Crippen LogP) is 2.56. The summed E-state index contributed by atoms with van der Waals surface area (Å²) in [5.41, 5.74) is 0.487. The maximum atomic E-state index is 13.0. The van der Waals surface area contributed by atoms with Gasteiger partial charge in [0, 0.05) is 13.0 Å². The molecular weight excluding hydrogens is 245 g/mol. The first-order valence-electron chi connectivity index (χ1n) is 6.85. The predicted molar refractivity (Wildman–Crippen MR) is 70.9 cm³/mol. The first kappa shape index (κ1) is 14.0. The highest BCUT2D eigenvalue weighted by atomic mass is 19.1. The molecule has 0 aromatic heterocycles. The first-order valence-corrected chi connectivity index (χ1v) is 6.85. The van der Waals surface area contributed by atoms with Gasteiger partial charge in [0.1, 0.15) is 5.82 Å². The summed E-state index contributed by atoms with van der Waals surface area (Å²) in [6.45, 7) is 0.134. The third-order valence-corrected chi connectivity index (χ3v) is 3.67. The van der Waals surface area contributed by atoms with Gasteiger partial charge >= 0.3 is 0 Å².